The van der Waals surface area contributed by atoms with Gasteiger partial charge in [0.1, 0.15) is 5.75 Å². The number of carbonyl (C=O) groups is 2. The Morgan fingerprint density at radius 3 is 2.17 bits per heavy atom. The van der Waals surface area contributed by atoms with Crippen LogP contribution in [0.2, 0.25) is 13.1 Å². The third-order valence-electron chi connectivity index (χ3n) is 1.78. The second-order valence-corrected chi connectivity index (χ2v) is 6.15. The summed E-state index contributed by atoms with van der Waals surface area (Å²) >= 11 is 0. The number of nitrogens with zero attached hydrogens (tertiary/aromatic N) is 2. The van der Waals surface area contributed by atoms with Crippen LogP contribution in [0.5, 0.6) is 5.75 Å². The lowest BCUT2D eigenvalue weighted by Crippen LogP contribution is -2.12. The molecule has 0 bridgehead atoms. The van der Waals surface area contributed by atoms with Gasteiger partial charge in [0, 0.05) is 0 Å². The summed E-state index contributed by atoms with van der Waals surface area (Å²) in [6.45, 7) is 5.52. The highest BCUT2D eigenvalue weighted by Gasteiger charge is 2.07. The van der Waals surface area contributed by atoms with E-state index in [1.54, 1.807) is 37.4 Å². The van der Waals surface area contributed by atoms with Gasteiger partial charge in [-0.25, -0.2) is 9.59 Å². The summed E-state index contributed by atoms with van der Waals surface area (Å²) in [5.74, 6) is 0.344. The maximum absolute atomic E-state index is 11.2. The fourth-order valence-electron chi connectivity index (χ4n) is 1.03. The van der Waals surface area contributed by atoms with E-state index in [2.05, 4.69) is 10.2 Å². The minimum absolute atomic E-state index is 0.344. The van der Waals surface area contributed by atoms with Gasteiger partial charge in [-0.15, -0.1) is 0 Å². The Morgan fingerprint density at radius 1 is 1.06 bits per heavy atom. The summed E-state index contributed by atoms with van der Waals surface area (Å²) in [5.41, 5.74) is 1.04. The Balaban J connectivity index is 2.49. The Bertz CT molecular complexity index is 457. The van der Waals surface area contributed by atoms with Crippen molar-refractivity contribution in [2.24, 2.45) is 10.2 Å². The first kappa shape index (κ1) is 14.0. The van der Waals surface area contributed by atoms with Gasteiger partial charge >= 0.3 is 12.2 Å². The van der Waals surface area contributed by atoms with E-state index in [9.17, 15) is 9.59 Å². The molecule has 0 N–H and O–H groups in total. The number of azo groups is 1. The number of ether oxygens (including phenoxy) is 1. The molecular formula is C11H14N2O4Si. The van der Waals surface area contributed by atoms with Gasteiger partial charge in [0.25, 0.3) is 0 Å². The SMILES string of the molecule is Cc1ccc(OC(=O)N=NC(=O)O[SiH](C)C)cc1. The van der Waals surface area contributed by atoms with Crippen molar-refractivity contribution >= 4 is 21.2 Å². The van der Waals surface area contributed by atoms with Crippen LogP contribution in [-0.2, 0) is 4.43 Å². The van der Waals surface area contributed by atoms with Crippen molar-refractivity contribution in [3.63, 3.8) is 0 Å². The molecule has 0 aliphatic heterocycles. The zero-order chi connectivity index (χ0) is 13.5. The van der Waals surface area contributed by atoms with Crippen molar-refractivity contribution in [2.45, 2.75) is 20.0 Å². The molecule has 6 nitrogen and oxygen atoms in total. The van der Waals surface area contributed by atoms with E-state index in [-0.39, 0.29) is 0 Å². The Morgan fingerprint density at radius 2 is 1.61 bits per heavy atom. The van der Waals surface area contributed by atoms with Crippen molar-refractivity contribution in [1.29, 1.82) is 0 Å². The van der Waals surface area contributed by atoms with Crippen LogP contribution in [0.15, 0.2) is 34.5 Å². The molecule has 2 amide bonds. The molecule has 0 spiro atoms. The molecule has 1 aromatic rings. The van der Waals surface area contributed by atoms with Crippen LogP contribution in [0.25, 0.3) is 0 Å². The Labute approximate surface area is 106 Å². The number of hydrogen-bond acceptors (Lipinski definition) is 4. The minimum atomic E-state index is -1.52. The summed E-state index contributed by atoms with van der Waals surface area (Å²) in [5, 5.41) is 6.21. The molecule has 0 unspecified atom stereocenters. The first-order chi connectivity index (χ1) is 8.47. The van der Waals surface area contributed by atoms with Gasteiger partial charge in [-0.1, -0.05) is 27.9 Å². The van der Waals surface area contributed by atoms with Crippen molar-refractivity contribution in [1.82, 2.24) is 0 Å². The van der Waals surface area contributed by atoms with E-state index in [4.69, 9.17) is 9.16 Å². The van der Waals surface area contributed by atoms with E-state index >= 15 is 0 Å². The summed E-state index contributed by atoms with van der Waals surface area (Å²) in [6.07, 6.45) is -1.82. The largest absolute Gasteiger partial charge is 0.504 e. The van der Waals surface area contributed by atoms with Crippen LogP contribution in [0.1, 0.15) is 5.56 Å². The van der Waals surface area contributed by atoms with Gasteiger partial charge in [-0.05, 0) is 32.2 Å². The van der Waals surface area contributed by atoms with E-state index in [0.717, 1.165) is 5.56 Å². The number of benzene rings is 1. The zero-order valence-electron chi connectivity index (χ0n) is 10.4. The molecule has 0 atom stereocenters. The third-order valence-corrected chi connectivity index (χ3v) is 2.45. The Kier molecular flexibility index (Phi) is 5.19. The van der Waals surface area contributed by atoms with Gasteiger partial charge < -0.3 is 9.16 Å². The summed E-state index contributed by atoms with van der Waals surface area (Å²) in [4.78, 5) is 22.2. The van der Waals surface area contributed by atoms with Crippen molar-refractivity contribution in [3.05, 3.63) is 29.8 Å². The molecule has 0 heterocycles. The average molecular weight is 266 g/mol. The van der Waals surface area contributed by atoms with Gasteiger partial charge in [0.05, 0.1) is 0 Å². The quantitative estimate of drug-likeness (QED) is 0.608. The topological polar surface area (TPSA) is 77.3 Å². The first-order valence-electron chi connectivity index (χ1n) is 5.38. The number of aryl methyl sites for hydroxylation is 1. The molecule has 0 aliphatic rings. The normalized spacial score (nSPS) is 10.7. The van der Waals surface area contributed by atoms with Crippen molar-refractivity contribution in [3.8, 4) is 5.75 Å². The highest BCUT2D eigenvalue weighted by molar-refractivity contribution is 6.50. The highest BCUT2D eigenvalue weighted by Crippen LogP contribution is 2.12. The smallest absolute Gasteiger partial charge is 0.458 e. The van der Waals surface area contributed by atoms with Crippen LogP contribution >= 0.6 is 0 Å². The fourth-order valence-corrected chi connectivity index (χ4v) is 1.48. The van der Waals surface area contributed by atoms with E-state index in [0.29, 0.717) is 5.75 Å². The van der Waals surface area contributed by atoms with E-state index in [1.165, 1.54) is 0 Å². The Hall–Kier alpha value is -2.02. The van der Waals surface area contributed by atoms with Gasteiger partial charge in [-0.2, -0.15) is 0 Å². The molecule has 7 heteroatoms. The maximum Gasteiger partial charge on any atom is 0.458 e. The number of amides is 2. The van der Waals surface area contributed by atoms with Gasteiger partial charge in [0.15, 0.2) is 0 Å². The first-order valence-corrected chi connectivity index (χ1v) is 8.16. The highest BCUT2D eigenvalue weighted by atomic mass is 28.3. The molecule has 18 heavy (non-hydrogen) atoms. The maximum atomic E-state index is 11.2. The van der Waals surface area contributed by atoms with Crippen LogP contribution in [0.3, 0.4) is 0 Å². The number of rotatable bonds is 2. The lowest BCUT2D eigenvalue weighted by molar-refractivity contribution is 0.201. The average Bonchev–Trinajstić information content (AvgIpc) is 2.29. The van der Waals surface area contributed by atoms with E-state index < -0.39 is 21.2 Å². The molecule has 1 rings (SSSR count). The van der Waals surface area contributed by atoms with Gasteiger partial charge in [0.2, 0.25) is 9.04 Å². The van der Waals surface area contributed by atoms with Crippen molar-refractivity contribution in [2.75, 3.05) is 0 Å². The van der Waals surface area contributed by atoms with Crippen LogP contribution in [0.4, 0.5) is 9.59 Å². The molecule has 0 radical (unpaired) electrons. The number of carbonyl (C=O) groups excluding carboxylic acids is 2. The van der Waals surface area contributed by atoms with Crippen LogP contribution < -0.4 is 4.74 Å². The lowest BCUT2D eigenvalue weighted by atomic mass is 10.2. The van der Waals surface area contributed by atoms with Crippen LogP contribution in [0, 0.1) is 6.92 Å². The molecule has 0 fully saturated rings. The molecule has 1 aromatic carbocycles. The molecular weight excluding hydrogens is 252 g/mol. The zero-order valence-corrected chi connectivity index (χ0v) is 11.6. The van der Waals surface area contributed by atoms with Gasteiger partial charge in [-0.3, -0.25) is 0 Å². The number of hydrogen-bond donors (Lipinski definition) is 0. The molecule has 0 saturated carbocycles. The molecule has 0 aliphatic carbocycles. The predicted octanol–water partition coefficient (Wildman–Crippen LogP) is 3.07. The minimum Gasteiger partial charge on any atom is -0.504 e. The molecule has 96 valence electrons. The van der Waals surface area contributed by atoms with Crippen LogP contribution in [-0.4, -0.2) is 21.2 Å². The molecule has 0 aromatic heterocycles. The summed E-state index contributed by atoms with van der Waals surface area (Å²) in [6, 6.07) is 6.83. The van der Waals surface area contributed by atoms with E-state index in [1.807, 2.05) is 6.92 Å². The summed E-state index contributed by atoms with van der Waals surface area (Å²) in [7, 11) is -1.52. The van der Waals surface area contributed by atoms with Crippen molar-refractivity contribution < 1.29 is 18.8 Å². The summed E-state index contributed by atoms with van der Waals surface area (Å²) < 4.78 is 9.63. The predicted molar refractivity (Wildman–Crippen MR) is 67.4 cm³/mol. The monoisotopic (exact) mass is 266 g/mol. The second-order valence-electron chi connectivity index (χ2n) is 3.81. The third kappa shape index (κ3) is 5.35. The second kappa shape index (κ2) is 6.65. The lowest BCUT2D eigenvalue weighted by Gasteiger charge is -2.01. The fraction of sp³-hybridized carbons (Fsp3) is 0.273. The molecule has 0 saturated heterocycles. The standard InChI is InChI=1S/C11H14N2O4Si/c1-8-4-6-9(7-5-8)16-10(14)12-13-11(15)17-18(2)3/h4-7,18H,1-3H3.